The highest BCUT2D eigenvalue weighted by Crippen LogP contribution is 2.21. The van der Waals surface area contributed by atoms with E-state index in [1.807, 2.05) is 30.8 Å². The Morgan fingerprint density at radius 1 is 1.29 bits per heavy atom. The van der Waals surface area contributed by atoms with E-state index < -0.39 is 0 Å². The van der Waals surface area contributed by atoms with Crippen LogP contribution in [0.25, 0.3) is 0 Å². The smallest absolute Gasteiger partial charge is 0.224 e. The molecule has 1 N–H and O–H groups in total. The van der Waals surface area contributed by atoms with Gasteiger partial charge in [0.05, 0.1) is 0 Å². The van der Waals surface area contributed by atoms with Crippen molar-refractivity contribution in [2.24, 2.45) is 0 Å². The summed E-state index contributed by atoms with van der Waals surface area (Å²) in [5, 5.41) is 2.93. The van der Waals surface area contributed by atoms with Crippen LogP contribution >= 0.6 is 11.8 Å². The number of rotatable bonds is 7. The molecule has 1 aliphatic rings. The van der Waals surface area contributed by atoms with Gasteiger partial charge in [0.25, 0.3) is 0 Å². The molecule has 0 aliphatic carbocycles. The molecule has 1 aromatic rings. The van der Waals surface area contributed by atoms with E-state index in [1.165, 1.54) is 17.2 Å². The number of nitrogens with zero attached hydrogens (tertiary/aromatic N) is 1. The molecule has 2 rings (SSSR count). The molecule has 4 nitrogen and oxygen atoms in total. The Balaban J connectivity index is 1.77. The number of carbonyl (C=O) groups excluding carboxylic acids is 1. The first kappa shape index (κ1) is 16.2. The number of nitrogens with one attached hydrogen (secondary N) is 1. The van der Waals surface area contributed by atoms with Gasteiger partial charge in [0.15, 0.2) is 0 Å². The van der Waals surface area contributed by atoms with Crippen LogP contribution in [0.4, 0.5) is 11.4 Å². The van der Waals surface area contributed by atoms with E-state index in [0.717, 1.165) is 25.2 Å². The zero-order chi connectivity index (χ0) is 14.9. The fraction of sp³-hybridized carbons (Fsp3) is 0.562. The SMILES string of the molecule is CCOCCCC(=O)Nc1ccc(N2CCSCC2)cc1. The average Bonchev–Trinajstić information content (AvgIpc) is 2.53. The van der Waals surface area contributed by atoms with E-state index in [-0.39, 0.29) is 5.91 Å². The van der Waals surface area contributed by atoms with Crippen LogP contribution in [0.1, 0.15) is 19.8 Å². The van der Waals surface area contributed by atoms with Gasteiger partial charge >= 0.3 is 0 Å². The van der Waals surface area contributed by atoms with Gasteiger partial charge in [0, 0.05) is 55.6 Å². The quantitative estimate of drug-likeness (QED) is 0.786. The summed E-state index contributed by atoms with van der Waals surface area (Å²) in [6.07, 6.45) is 1.27. The van der Waals surface area contributed by atoms with E-state index in [0.29, 0.717) is 19.6 Å². The Hall–Kier alpha value is -1.20. The van der Waals surface area contributed by atoms with Gasteiger partial charge in [-0.1, -0.05) is 0 Å². The second-order valence-electron chi connectivity index (χ2n) is 4.99. The van der Waals surface area contributed by atoms with E-state index >= 15 is 0 Å². The second-order valence-corrected chi connectivity index (χ2v) is 6.22. The predicted molar refractivity (Wildman–Crippen MR) is 90.3 cm³/mol. The van der Waals surface area contributed by atoms with Crippen LogP contribution in [-0.2, 0) is 9.53 Å². The van der Waals surface area contributed by atoms with Crippen molar-refractivity contribution in [1.29, 1.82) is 0 Å². The van der Waals surface area contributed by atoms with Crippen molar-refractivity contribution in [2.75, 3.05) is 48.0 Å². The standard InChI is InChI=1S/C16H24N2O2S/c1-2-20-11-3-4-16(19)17-14-5-7-15(8-6-14)18-9-12-21-13-10-18/h5-8H,2-4,9-13H2,1H3,(H,17,19). The van der Waals surface area contributed by atoms with Gasteiger partial charge in [-0.25, -0.2) is 0 Å². The number of hydrogen-bond donors (Lipinski definition) is 1. The molecule has 0 aromatic heterocycles. The van der Waals surface area contributed by atoms with Crippen molar-refractivity contribution in [3.8, 4) is 0 Å². The summed E-state index contributed by atoms with van der Waals surface area (Å²) in [6.45, 7) is 5.53. The van der Waals surface area contributed by atoms with Gasteiger partial charge in [-0.15, -0.1) is 0 Å². The third-order valence-electron chi connectivity index (χ3n) is 3.42. The summed E-state index contributed by atoms with van der Waals surface area (Å²) in [5.74, 6) is 2.44. The first-order chi connectivity index (χ1) is 10.3. The lowest BCUT2D eigenvalue weighted by Crippen LogP contribution is -2.32. The molecule has 0 bridgehead atoms. The van der Waals surface area contributed by atoms with Crippen LogP contribution in [0.5, 0.6) is 0 Å². The number of benzene rings is 1. The summed E-state index contributed by atoms with van der Waals surface area (Å²) >= 11 is 2.01. The molecular weight excluding hydrogens is 284 g/mol. The van der Waals surface area contributed by atoms with E-state index in [1.54, 1.807) is 0 Å². The molecule has 5 heteroatoms. The Kier molecular flexibility index (Phi) is 6.89. The number of anilines is 2. The first-order valence-electron chi connectivity index (χ1n) is 7.60. The Morgan fingerprint density at radius 3 is 2.67 bits per heavy atom. The molecule has 0 saturated carbocycles. The predicted octanol–water partition coefficient (Wildman–Crippen LogP) is 3.00. The molecule has 21 heavy (non-hydrogen) atoms. The van der Waals surface area contributed by atoms with Gasteiger partial charge in [0.2, 0.25) is 5.91 Å². The van der Waals surface area contributed by atoms with Crippen LogP contribution in [0.3, 0.4) is 0 Å². The van der Waals surface area contributed by atoms with Gasteiger partial charge in [-0.05, 0) is 37.6 Å². The molecule has 1 aromatic carbocycles. The van der Waals surface area contributed by atoms with Gasteiger partial charge < -0.3 is 15.0 Å². The number of carbonyl (C=O) groups is 1. The van der Waals surface area contributed by atoms with Gasteiger partial charge in [-0.2, -0.15) is 11.8 Å². The molecule has 1 fully saturated rings. The zero-order valence-electron chi connectivity index (χ0n) is 12.6. The Morgan fingerprint density at radius 2 is 2.00 bits per heavy atom. The van der Waals surface area contributed by atoms with Gasteiger partial charge in [0.1, 0.15) is 0 Å². The summed E-state index contributed by atoms with van der Waals surface area (Å²) in [6, 6.07) is 8.15. The second kappa shape index (κ2) is 8.95. The number of thioether (sulfide) groups is 1. The van der Waals surface area contributed by atoms with Crippen molar-refractivity contribution in [3.63, 3.8) is 0 Å². The number of ether oxygens (including phenoxy) is 1. The zero-order valence-corrected chi connectivity index (χ0v) is 13.5. The highest BCUT2D eigenvalue weighted by molar-refractivity contribution is 7.99. The third-order valence-corrected chi connectivity index (χ3v) is 4.37. The molecule has 0 unspecified atom stereocenters. The molecule has 1 aliphatic heterocycles. The monoisotopic (exact) mass is 308 g/mol. The van der Waals surface area contributed by atoms with Crippen molar-refractivity contribution in [2.45, 2.75) is 19.8 Å². The minimum absolute atomic E-state index is 0.0526. The average molecular weight is 308 g/mol. The largest absolute Gasteiger partial charge is 0.382 e. The fourth-order valence-electron chi connectivity index (χ4n) is 2.28. The first-order valence-corrected chi connectivity index (χ1v) is 8.75. The van der Waals surface area contributed by atoms with Crippen LogP contribution in [0.15, 0.2) is 24.3 Å². The lowest BCUT2D eigenvalue weighted by Gasteiger charge is -2.28. The topological polar surface area (TPSA) is 41.6 Å². The lowest BCUT2D eigenvalue weighted by molar-refractivity contribution is -0.116. The lowest BCUT2D eigenvalue weighted by atomic mass is 10.2. The molecule has 0 spiro atoms. The Bertz CT molecular complexity index is 430. The minimum atomic E-state index is 0.0526. The van der Waals surface area contributed by atoms with Gasteiger partial charge in [-0.3, -0.25) is 4.79 Å². The van der Waals surface area contributed by atoms with Crippen molar-refractivity contribution >= 4 is 29.0 Å². The van der Waals surface area contributed by atoms with E-state index in [9.17, 15) is 4.79 Å². The summed E-state index contributed by atoms with van der Waals surface area (Å²) < 4.78 is 5.23. The molecule has 1 heterocycles. The molecule has 0 atom stereocenters. The molecule has 0 radical (unpaired) electrons. The maximum Gasteiger partial charge on any atom is 0.224 e. The van der Waals surface area contributed by atoms with Crippen LogP contribution < -0.4 is 10.2 Å². The summed E-state index contributed by atoms with van der Waals surface area (Å²) in [5.41, 5.74) is 2.11. The van der Waals surface area contributed by atoms with Crippen LogP contribution in [0, 0.1) is 0 Å². The summed E-state index contributed by atoms with van der Waals surface area (Å²) in [7, 11) is 0. The fourth-order valence-corrected chi connectivity index (χ4v) is 3.18. The minimum Gasteiger partial charge on any atom is -0.382 e. The van der Waals surface area contributed by atoms with Crippen LogP contribution in [-0.4, -0.2) is 43.7 Å². The van der Waals surface area contributed by atoms with E-state index in [2.05, 4.69) is 22.3 Å². The molecule has 116 valence electrons. The van der Waals surface area contributed by atoms with Crippen molar-refractivity contribution < 1.29 is 9.53 Å². The highest BCUT2D eigenvalue weighted by Gasteiger charge is 2.11. The number of hydrogen-bond acceptors (Lipinski definition) is 4. The normalized spacial score (nSPS) is 15.0. The Labute approximate surface area is 131 Å². The van der Waals surface area contributed by atoms with Crippen LogP contribution in [0.2, 0.25) is 0 Å². The molecule has 1 saturated heterocycles. The number of amides is 1. The maximum atomic E-state index is 11.8. The van der Waals surface area contributed by atoms with E-state index in [4.69, 9.17) is 4.74 Å². The maximum absolute atomic E-state index is 11.8. The van der Waals surface area contributed by atoms with Crippen molar-refractivity contribution in [3.05, 3.63) is 24.3 Å². The third kappa shape index (κ3) is 5.59. The summed E-state index contributed by atoms with van der Waals surface area (Å²) in [4.78, 5) is 14.2. The van der Waals surface area contributed by atoms with Crippen molar-refractivity contribution in [1.82, 2.24) is 0 Å². The molecule has 1 amide bonds. The molecular formula is C16H24N2O2S. The highest BCUT2D eigenvalue weighted by atomic mass is 32.2.